The summed E-state index contributed by atoms with van der Waals surface area (Å²) in [5.74, 6) is -0.377. The number of sulfonamides is 1. The average molecular weight is 402 g/mol. The molecule has 5 nitrogen and oxygen atoms in total. The quantitative estimate of drug-likeness (QED) is 0.561. The Hall–Kier alpha value is -2.74. The van der Waals surface area contributed by atoms with Gasteiger partial charge in [-0.2, -0.15) is 5.10 Å². The van der Waals surface area contributed by atoms with Gasteiger partial charge in [0.1, 0.15) is 11.5 Å². The van der Waals surface area contributed by atoms with E-state index >= 15 is 0 Å². The van der Waals surface area contributed by atoms with Gasteiger partial charge in [-0.1, -0.05) is 35.9 Å². The molecule has 0 aliphatic heterocycles. The molecule has 0 atom stereocenters. The van der Waals surface area contributed by atoms with E-state index in [9.17, 15) is 12.8 Å². The van der Waals surface area contributed by atoms with Crippen LogP contribution in [0.25, 0.3) is 27.9 Å². The molecular weight excluding hydrogens is 389 g/mol. The van der Waals surface area contributed by atoms with E-state index in [1.165, 1.54) is 24.3 Å². The Kier molecular flexibility index (Phi) is 4.22. The molecule has 0 spiro atoms. The van der Waals surface area contributed by atoms with Crippen LogP contribution in [0.4, 0.5) is 4.39 Å². The summed E-state index contributed by atoms with van der Waals surface area (Å²) in [4.78, 5) is 0.0121. The first-order chi connectivity index (χ1) is 12.8. The number of aromatic nitrogens is 2. The number of hydrogen-bond acceptors (Lipinski definition) is 3. The third kappa shape index (κ3) is 3.32. The van der Waals surface area contributed by atoms with Crippen LogP contribution in [0.3, 0.4) is 0 Å². The summed E-state index contributed by atoms with van der Waals surface area (Å²) in [7, 11) is -3.79. The van der Waals surface area contributed by atoms with Crippen molar-refractivity contribution in [3.63, 3.8) is 0 Å². The molecule has 0 radical (unpaired) electrons. The lowest BCUT2D eigenvalue weighted by atomic mass is 10.00. The molecule has 4 rings (SSSR count). The SMILES string of the molecule is NS(=O)(=O)c1ccc(-c2c(-c3cccc(F)c3)nn3cc(Cl)ccc23)cc1. The molecule has 2 heterocycles. The third-order valence-electron chi connectivity index (χ3n) is 4.16. The van der Waals surface area contributed by atoms with E-state index in [0.29, 0.717) is 16.3 Å². The van der Waals surface area contributed by atoms with Crippen LogP contribution in [0.5, 0.6) is 0 Å². The normalized spacial score (nSPS) is 11.8. The number of benzene rings is 2. The fourth-order valence-corrected chi connectivity index (χ4v) is 3.63. The zero-order chi connectivity index (χ0) is 19.2. The molecule has 2 aromatic carbocycles. The third-order valence-corrected chi connectivity index (χ3v) is 5.32. The van der Waals surface area contributed by atoms with Gasteiger partial charge in [0, 0.05) is 17.3 Å². The maximum atomic E-state index is 13.8. The lowest BCUT2D eigenvalue weighted by Crippen LogP contribution is -2.11. The average Bonchev–Trinajstić information content (AvgIpc) is 2.99. The Morgan fingerprint density at radius 3 is 2.41 bits per heavy atom. The predicted molar refractivity (Wildman–Crippen MR) is 102 cm³/mol. The molecule has 0 saturated carbocycles. The number of nitrogens with zero attached hydrogens (tertiary/aromatic N) is 2. The van der Waals surface area contributed by atoms with Gasteiger partial charge in [0.05, 0.1) is 15.4 Å². The molecule has 4 aromatic rings. The number of halogens is 2. The van der Waals surface area contributed by atoms with E-state index in [2.05, 4.69) is 5.10 Å². The van der Waals surface area contributed by atoms with Crippen molar-refractivity contribution < 1.29 is 12.8 Å². The highest BCUT2D eigenvalue weighted by Gasteiger charge is 2.18. The van der Waals surface area contributed by atoms with Crippen LogP contribution in [0.2, 0.25) is 5.02 Å². The Balaban J connectivity index is 1.99. The van der Waals surface area contributed by atoms with Crippen molar-refractivity contribution in [1.82, 2.24) is 9.61 Å². The van der Waals surface area contributed by atoms with Crippen LogP contribution >= 0.6 is 11.6 Å². The van der Waals surface area contributed by atoms with Crippen molar-refractivity contribution in [3.8, 4) is 22.4 Å². The highest BCUT2D eigenvalue weighted by atomic mass is 35.5. The monoisotopic (exact) mass is 401 g/mol. The van der Waals surface area contributed by atoms with Crippen LogP contribution in [0, 0.1) is 5.82 Å². The second-order valence-corrected chi connectivity index (χ2v) is 7.98. The Bertz CT molecular complexity index is 1270. The summed E-state index contributed by atoms with van der Waals surface area (Å²) in [5.41, 5.74) is 3.36. The summed E-state index contributed by atoms with van der Waals surface area (Å²) in [6, 6.07) is 15.8. The maximum Gasteiger partial charge on any atom is 0.238 e. The van der Waals surface area contributed by atoms with E-state index in [-0.39, 0.29) is 10.7 Å². The largest absolute Gasteiger partial charge is 0.238 e. The topological polar surface area (TPSA) is 77.5 Å². The van der Waals surface area contributed by atoms with Gasteiger partial charge < -0.3 is 0 Å². The van der Waals surface area contributed by atoms with Crippen molar-refractivity contribution in [1.29, 1.82) is 0 Å². The van der Waals surface area contributed by atoms with Gasteiger partial charge in [-0.05, 0) is 42.0 Å². The molecule has 8 heteroatoms. The second kappa shape index (κ2) is 6.45. The maximum absolute atomic E-state index is 13.8. The molecule has 2 aromatic heterocycles. The van der Waals surface area contributed by atoms with Crippen molar-refractivity contribution in [2.75, 3.05) is 0 Å². The Morgan fingerprint density at radius 1 is 1.00 bits per heavy atom. The van der Waals surface area contributed by atoms with Gasteiger partial charge in [-0.15, -0.1) is 0 Å². The summed E-state index contributed by atoms with van der Waals surface area (Å²) >= 11 is 6.07. The molecular formula is C19H13ClFN3O2S. The van der Waals surface area contributed by atoms with Crippen LogP contribution < -0.4 is 5.14 Å². The van der Waals surface area contributed by atoms with E-state index in [4.69, 9.17) is 16.7 Å². The number of primary sulfonamides is 1. The number of rotatable bonds is 3. The zero-order valence-electron chi connectivity index (χ0n) is 13.8. The first kappa shape index (κ1) is 17.7. The van der Waals surface area contributed by atoms with Gasteiger partial charge in [0.15, 0.2) is 0 Å². The van der Waals surface area contributed by atoms with Crippen LogP contribution in [0.15, 0.2) is 71.8 Å². The minimum atomic E-state index is -3.79. The van der Waals surface area contributed by atoms with E-state index in [1.807, 2.05) is 0 Å². The Labute approximate surface area is 159 Å². The van der Waals surface area contributed by atoms with Crippen molar-refractivity contribution in [2.24, 2.45) is 5.14 Å². The van der Waals surface area contributed by atoms with Crippen molar-refractivity contribution >= 4 is 27.1 Å². The van der Waals surface area contributed by atoms with Gasteiger partial charge in [0.25, 0.3) is 0 Å². The van der Waals surface area contributed by atoms with Crippen LogP contribution in [-0.4, -0.2) is 18.0 Å². The first-order valence-electron chi connectivity index (χ1n) is 7.90. The molecule has 136 valence electrons. The molecule has 0 aliphatic rings. The Morgan fingerprint density at radius 2 is 1.74 bits per heavy atom. The van der Waals surface area contributed by atoms with Crippen LogP contribution in [-0.2, 0) is 10.0 Å². The second-order valence-electron chi connectivity index (χ2n) is 5.98. The van der Waals surface area contributed by atoms with Gasteiger partial charge >= 0.3 is 0 Å². The van der Waals surface area contributed by atoms with Crippen molar-refractivity contribution in [2.45, 2.75) is 4.90 Å². The van der Waals surface area contributed by atoms with Gasteiger partial charge in [0.2, 0.25) is 10.0 Å². The molecule has 0 amide bonds. The lowest BCUT2D eigenvalue weighted by molar-refractivity contribution is 0.598. The highest BCUT2D eigenvalue weighted by Crippen LogP contribution is 2.36. The minimum Gasteiger partial charge on any atom is -0.238 e. The molecule has 0 aliphatic carbocycles. The highest BCUT2D eigenvalue weighted by molar-refractivity contribution is 7.89. The van der Waals surface area contributed by atoms with Crippen LogP contribution in [0.1, 0.15) is 0 Å². The summed E-state index contributed by atoms with van der Waals surface area (Å²) in [6.07, 6.45) is 1.65. The van der Waals surface area contributed by atoms with E-state index in [1.54, 1.807) is 47.1 Å². The number of pyridine rings is 1. The van der Waals surface area contributed by atoms with Crippen molar-refractivity contribution in [3.05, 3.63) is 77.7 Å². The first-order valence-corrected chi connectivity index (χ1v) is 9.82. The van der Waals surface area contributed by atoms with E-state index in [0.717, 1.165) is 16.6 Å². The minimum absolute atomic E-state index is 0.0121. The smallest absolute Gasteiger partial charge is 0.238 e. The molecule has 0 unspecified atom stereocenters. The fourth-order valence-electron chi connectivity index (χ4n) is 2.96. The predicted octanol–water partition coefficient (Wildman–Crippen LogP) is 4.11. The molecule has 2 N–H and O–H groups in total. The van der Waals surface area contributed by atoms with E-state index < -0.39 is 10.0 Å². The summed E-state index contributed by atoms with van der Waals surface area (Å²) in [6.45, 7) is 0. The molecule has 0 saturated heterocycles. The number of nitrogens with two attached hydrogens (primary N) is 1. The number of fused-ring (bicyclic) bond motifs is 1. The molecule has 0 fully saturated rings. The lowest BCUT2D eigenvalue weighted by Gasteiger charge is -2.06. The van der Waals surface area contributed by atoms with Gasteiger partial charge in [-0.25, -0.2) is 22.5 Å². The summed E-state index contributed by atoms with van der Waals surface area (Å²) in [5, 5.41) is 10.2. The zero-order valence-corrected chi connectivity index (χ0v) is 15.4. The molecule has 0 bridgehead atoms. The standard InChI is InChI=1S/C19H13ClFN3O2S/c20-14-6-9-17-18(12-4-7-16(8-5-12)27(22,25)26)19(23-24(17)11-14)13-2-1-3-15(21)10-13/h1-11H,(H2,22,25,26). The molecule has 27 heavy (non-hydrogen) atoms. The van der Waals surface area contributed by atoms with Gasteiger partial charge in [-0.3, -0.25) is 0 Å². The summed E-state index contributed by atoms with van der Waals surface area (Å²) < 4.78 is 38.4. The number of hydrogen-bond donors (Lipinski definition) is 1. The fraction of sp³-hybridized carbons (Fsp3) is 0.